The minimum Gasteiger partial charge on any atom is -0.338 e. The number of hydrogen-bond donors (Lipinski definition) is 1. The van der Waals surface area contributed by atoms with Gasteiger partial charge < -0.3 is 9.84 Å². The van der Waals surface area contributed by atoms with E-state index in [-0.39, 0.29) is 0 Å². The Balaban J connectivity index is 1.66. The lowest BCUT2D eigenvalue weighted by atomic mass is 10.2. The fourth-order valence-corrected chi connectivity index (χ4v) is 2.56. The van der Waals surface area contributed by atoms with Gasteiger partial charge in [0.25, 0.3) is 0 Å². The molecule has 1 aliphatic heterocycles. The molecule has 1 unspecified atom stereocenters. The van der Waals surface area contributed by atoms with E-state index in [0.717, 1.165) is 25.1 Å². The maximum absolute atomic E-state index is 5.87. The Hall–Kier alpha value is -1.43. The van der Waals surface area contributed by atoms with Gasteiger partial charge in [-0.1, -0.05) is 16.8 Å². The van der Waals surface area contributed by atoms with Crippen LogP contribution in [0.5, 0.6) is 0 Å². The van der Waals surface area contributed by atoms with E-state index in [1.165, 1.54) is 0 Å². The highest BCUT2D eigenvalue weighted by atomic mass is 35.5. The fourth-order valence-electron chi connectivity index (χ4n) is 2.44. The molecule has 1 saturated heterocycles. The maximum Gasteiger partial charge on any atom is 0.241 e. The molecule has 1 aromatic carbocycles. The van der Waals surface area contributed by atoms with Crippen molar-refractivity contribution in [1.29, 1.82) is 0 Å². The third-order valence-corrected chi connectivity index (χ3v) is 3.86. The van der Waals surface area contributed by atoms with Crippen LogP contribution in [0.4, 0.5) is 0 Å². The molecule has 1 fully saturated rings. The summed E-state index contributed by atoms with van der Waals surface area (Å²) in [5.74, 6) is 1.27. The molecule has 0 radical (unpaired) electrons. The highest BCUT2D eigenvalue weighted by Gasteiger charge is 2.22. The van der Waals surface area contributed by atoms with Crippen molar-refractivity contribution in [3.8, 4) is 11.4 Å². The molecule has 0 amide bonds. The molecule has 2 aromatic rings. The highest BCUT2D eigenvalue weighted by molar-refractivity contribution is 6.30. The number of nitrogens with one attached hydrogen (secondary N) is 1. The lowest BCUT2D eigenvalue weighted by Crippen LogP contribution is -2.29. The van der Waals surface area contributed by atoms with Gasteiger partial charge in [0, 0.05) is 29.7 Å². The predicted octanol–water partition coefficient (Wildman–Crippen LogP) is 2.18. The van der Waals surface area contributed by atoms with E-state index in [4.69, 9.17) is 16.1 Å². The summed E-state index contributed by atoms with van der Waals surface area (Å²) < 4.78 is 5.32. The zero-order chi connectivity index (χ0) is 13.9. The normalized spacial score (nSPS) is 19.6. The zero-order valence-electron chi connectivity index (χ0n) is 11.3. The van der Waals surface area contributed by atoms with Gasteiger partial charge in [0.05, 0.1) is 6.54 Å². The Morgan fingerprint density at radius 1 is 1.40 bits per heavy atom. The molecule has 5 nitrogen and oxygen atoms in total. The molecule has 0 saturated carbocycles. The summed E-state index contributed by atoms with van der Waals surface area (Å²) in [5, 5.41) is 8.02. The van der Waals surface area contributed by atoms with Gasteiger partial charge in [-0.05, 0) is 37.7 Å². The first-order valence-electron chi connectivity index (χ1n) is 6.73. The van der Waals surface area contributed by atoms with Gasteiger partial charge in [-0.2, -0.15) is 4.98 Å². The van der Waals surface area contributed by atoms with E-state index >= 15 is 0 Å². The molecule has 0 aliphatic carbocycles. The second-order valence-corrected chi connectivity index (χ2v) is 5.46. The van der Waals surface area contributed by atoms with Gasteiger partial charge in [-0.3, -0.25) is 4.90 Å². The standard InChI is InChI=1S/C14H17ClN4O/c1-16-12-6-7-19(8-12)9-13-17-14(18-20-13)10-2-4-11(15)5-3-10/h2-5,12,16H,6-9H2,1H3. The van der Waals surface area contributed by atoms with Gasteiger partial charge in [-0.15, -0.1) is 0 Å². The van der Waals surface area contributed by atoms with Crippen LogP contribution in [0.3, 0.4) is 0 Å². The molecule has 0 bridgehead atoms. The molecular formula is C14H17ClN4O. The predicted molar refractivity (Wildman–Crippen MR) is 77.5 cm³/mol. The van der Waals surface area contributed by atoms with Crippen molar-refractivity contribution >= 4 is 11.6 Å². The van der Waals surface area contributed by atoms with Crippen molar-refractivity contribution in [2.45, 2.75) is 19.0 Å². The van der Waals surface area contributed by atoms with E-state index in [9.17, 15) is 0 Å². The number of halogens is 1. The maximum atomic E-state index is 5.87. The van der Waals surface area contributed by atoms with E-state index in [2.05, 4.69) is 20.4 Å². The molecule has 0 spiro atoms. The van der Waals surface area contributed by atoms with Gasteiger partial charge in [0.2, 0.25) is 11.7 Å². The number of rotatable bonds is 4. The van der Waals surface area contributed by atoms with Gasteiger partial charge >= 0.3 is 0 Å². The van der Waals surface area contributed by atoms with Crippen molar-refractivity contribution in [2.24, 2.45) is 0 Å². The first kappa shape index (κ1) is 13.5. The summed E-state index contributed by atoms with van der Waals surface area (Å²) in [5.41, 5.74) is 0.916. The van der Waals surface area contributed by atoms with Crippen LogP contribution in [-0.4, -0.2) is 41.2 Å². The molecule has 6 heteroatoms. The molecule has 2 heterocycles. The van der Waals surface area contributed by atoms with Crippen LogP contribution < -0.4 is 5.32 Å². The number of hydrogen-bond acceptors (Lipinski definition) is 5. The highest BCUT2D eigenvalue weighted by Crippen LogP contribution is 2.19. The molecule has 1 N–H and O–H groups in total. The van der Waals surface area contributed by atoms with E-state index < -0.39 is 0 Å². The lowest BCUT2D eigenvalue weighted by Gasteiger charge is -2.12. The Morgan fingerprint density at radius 3 is 2.90 bits per heavy atom. The second-order valence-electron chi connectivity index (χ2n) is 5.03. The summed E-state index contributed by atoms with van der Waals surface area (Å²) in [6, 6.07) is 8.00. The number of nitrogens with zero attached hydrogens (tertiary/aromatic N) is 3. The lowest BCUT2D eigenvalue weighted by molar-refractivity contribution is 0.263. The number of likely N-dealkylation sites (N-methyl/N-ethyl adjacent to an activating group) is 1. The van der Waals surface area contributed by atoms with Crippen LogP contribution in [0, 0.1) is 0 Å². The smallest absolute Gasteiger partial charge is 0.241 e. The summed E-state index contributed by atoms with van der Waals surface area (Å²) in [6.45, 7) is 2.79. The van der Waals surface area contributed by atoms with Gasteiger partial charge in [0.1, 0.15) is 0 Å². The fraction of sp³-hybridized carbons (Fsp3) is 0.429. The Labute approximate surface area is 122 Å². The van der Waals surface area contributed by atoms with Crippen molar-refractivity contribution in [1.82, 2.24) is 20.4 Å². The monoisotopic (exact) mass is 292 g/mol. The van der Waals surface area contributed by atoms with E-state index in [0.29, 0.717) is 29.3 Å². The van der Waals surface area contributed by atoms with E-state index in [1.54, 1.807) is 0 Å². The summed E-state index contributed by atoms with van der Waals surface area (Å²) in [7, 11) is 2.00. The minimum absolute atomic E-state index is 0.564. The number of likely N-dealkylation sites (tertiary alicyclic amines) is 1. The first-order valence-corrected chi connectivity index (χ1v) is 7.10. The van der Waals surface area contributed by atoms with Crippen molar-refractivity contribution < 1.29 is 4.52 Å². The molecule has 1 atom stereocenters. The Kier molecular flexibility index (Phi) is 4.00. The molecule has 20 heavy (non-hydrogen) atoms. The van der Waals surface area contributed by atoms with Crippen LogP contribution in [0.1, 0.15) is 12.3 Å². The van der Waals surface area contributed by atoms with Crippen molar-refractivity contribution in [2.75, 3.05) is 20.1 Å². The summed E-state index contributed by atoms with van der Waals surface area (Å²) >= 11 is 5.87. The largest absolute Gasteiger partial charge is 0.338 e. The SMILES string of the molecule is CNC1CCN(Cc2nc(-c3ccc(Cl)cc3)no2)C1. The van der Waals surface area contributed by atoms with E-state index in [1.807, 2.05) is 31.3 Å². The molecule has 3 rings (SSSR count). The van der Waals surface area contributed by atoms with Gasteiger partial charge in [0.15, 0.2) is 0 Å². The second kappa shape index (κ2) is 5.91. The zero-order valence-corrected chi connectivity index (χ0v) is 12.1. The van der Waals surface area contributed by atoms with Crippen LogP contribution >= 0.6 is 11.6 Å². The average molecular weight is 293 g/mol. The van der Waals surface area contributed by atoms with Gasteiger partial charge in [-0.25, -0.2) is 0 Å². The third-order valence-electron chi connectivity index (χ3n) is 3.61. The quantitative estimate of drug-likeness (QED) is 0.936. The number of aromatic nitrogens is 2. The first-order chi connectivity index (χ1) is 9.74. The number of benzene rings is 1. The van der Waals surface area contributed by atoms with Crippen LogP contribution in [0.2, 0.25) is 5.02 Å². The molecular weight excluding hydrogens is 276 g/mol. The Bertz CT molecular complexity index is 569. The topological polar surface area (TPSA) is 54.2 Å². The summed E-state index contributed by atoms with van der Waals surface area (Å²) in [4.78, 5) is 6.76. The molecule has 1 aliphatic rings. The molecule has 1 aromatic heterocycles. The van der Waals surface area contributed by atoms with Crippen LogP contribution in [0.25, 0.3) is 11.4 Å². The third kappa shape index (κ3) is 3.00. The average Bonchev–Trinajstić information content (AvgIpc) is 3.09. The molecule has 106 valence electrons. The Morgan fingerprint density at radius 2 is 2.20 bits per heavy atom. The van der Waals surface area contributed by atoms with Crippen LogP contribution in [-0.2, 0) is 6.54 Å². The van der Waals surface area contributed by atoms with Crippen molar-refractivity contribution in [3.05, 3.63) is 35.2 Å². The minimum atomic E-state index is 0.564. The van der Waals surface area contributed by atoms with Crippen molar-refractivity contribution in [3.63, 3.8) is 0 Å². The van der Waals surface area contributed by atoms with Crippen LogP contribution in [0.15, 0.2) is 28.8 Å². The summed E-state index contributed by atoms with van der Waals surface area (Å²) in [6.07, 6.45) is 1.16.